The molecule has 0 aromatic heterocycles. The number of aliphatic hydroxyl groups is 10. The largest absolute Gasteiger partial charge is 0.395 e. The van der Waals surface area contributed by atoms with E-state index in [-0.39, 0.29) is 68.1 Å². The van der Waals surface area contributed by atoms with Gasteiger partial charge in [-0.05, 0) is 136 Å². The van der Waals surface area contributed by atoms with Crippen LogP contribution in [0, 0.1) is 21.4 Å². The molecule has 0 heterocycles. The Kier molecular flexibility index (Phi) is 26.0. The van der Waals surface area contributed by atoms with Crippen LogP contribution < -0.4 is 20.4 Å². The number of likely N-dealkylation sites (N-methyl/N-ethyl adjacent to an activating group) is 2. The maximum atomic E-state index is 14.5. The number of rotatable bonds is 22. The van der Waals surface area contributed by atoms with Gasteiger partial charge in [0.1, 0.15) is 0 Å². The smallest absolute Gasteiger partial charge is 0.316 e. The highest BCUT2D eigenvalue weighted by molar-refractivity contribution is 14.1. The average molecular weight is 1580 g/mol. The average Bonchev–Trinajstić information content (AvgIpc) is 3.25. The molecule has 0 saturated heterocycles. The Morgan fingerprint density at radius 2 is 0.750 bits per heavy atom. The number of hydrogen-bond donors (Lipinski definition) is 12. The zero-order valence-corrected chi connectivity index (χ0v) is 46.7. The van der Waals surface area contributed by atoms with Crippen molar-refractivity contribution in [2.45, 2.75) is 24.4 Å². The molecule has 2 rings (SSSR count). The lowest BCUT2D eigenvalue weighted by atomic mass is 10.0. The van der Waals surface area contributed by atoms with Crippen LogP contribution in [0.2, 0.25) is 0 Å². The van der Waals surface area contributed by atoms with E-state index in [9.17, 15) is 79.8 Å². The number of carbonyl (C=O) groups excluding carboxylic acids is 6. The number of nitrogens with one attached hydrogen (secondary N) is 2. The summed E-state index contributed by atoms with van der Waals surface area (Å²) in [4.78, 5) is 88.6. The van der Waals surface area contributed by atoms with Gasteiger partial charge in [-0.2, -0.15) is 0 Å². The van der Waals surface area contributed by atoms with Crippen molar-refractivity contribution in [3.63, 3.8) is 0 Å². The molecule has 0 bridgehead atoms. The standard InChI is InChI=1S/C36H46I6N6O16/c1-45(29-25(39)19(31(59)43-7-15(55)11-51)23(37)21(27(29)41)33(61)47(3-5-49)9-17(57)13-53)35(63)36(64)46(2)30-26(40)20(32(60)44-8-16(56)12-52)24(38)22(28(30)42)34(62)48(4-6-50)10-18(58)14-54/h15-18,49-58H,3-14H2,1-2H3,(H,43,59)(H,44,60). The molecule has 0 radical (unpaired) electrons. The molecule has 4 atom stereocenters. The molecule has 0 saturated carbocycles. The molecule has 12 N–H and O–H groups in total. The third-order valence-electron chi connectivity index (χ3n) is 8.95. The predicted molar refractivity (Wildman–Crippen MR) is 279 cm³/mol. The molecule has 0 aliphatic heterocycles. The molecular weight excluding hydrogens is 1530 g/mol. The van der Waals surface area contributed by atoms with Gasteiger partial charge in [0.15, 0.2) is 0 Å². The maximum Gasteiger partial charge on any atom is 0.316 e. The van der Waals surface area contributed by atoms with Crippen LogP contribution in [0.25, 0.3) is 0 Å². The second-order valence-electron chi connectivity index (χ2n) is 13.5. The van der Waals surface area contributed by atoms with Crippen molar-refractivity contribution in [3.8, 4) is 0 Å². The summed E-state index contributed by atoms with van der Waals surface area (Å²) in [5.41, 5.74) is -1.05. The number of nitrogens with zero attached hydrogens (tertiary/aromatic N) is 4. The summed E-state index contributed by atoms with van der Waals surface area (Å²) in [5.74, 6) is -5.96. The predicted octanol–water partition coefficient (Wildman–Crippen LogP) is -2.32. The number of halogens is 6. The monoisotopic (exact) mass is 1580 g/mol. The first kappa shape index (κ1) is 59.4. The third kappa shape index (κ3) is 14.6. The van der Waals surface area contributed by atoms with Crippen molar-refractivity contribution in [1.29, 1.82) is 0 Å². The number of aliphatic hydroxyl groups excluding tert-OH is 10. The first-order chi connectivity index (χ1) is 30.0. The zero-order chi connectivity index (χ0) is 48.9. The van der Waals surface area contributed by atoms with Crippen LogP contribution in [0.1, 0.15) is 41.4 Å². The van der Waals surface area contributed by atoms with Gasteiger partial charge in [-0.25, -0.2) is 0 Å². The number of amides is 6. The molecule has 4 unspecified atom stereocenters. The number of anilines is 2. The molecule has 2 aromatic rings. The van der Waals surface area contributed by atoms with Crippen molar-refractivity contribution < 1.29 is 79.8 Å². The summed E-state index contributed by atoms with van der Waals surface area (Å²) >= 11 is 10.4. The van der Waals surface area contributed by atoms with Gasteiger partial charge in [-0.15, -0.1) is 0 Å². The molecule has 6 amide bonds. The Bertz CT molecular complexity index is 1910. The summed E-state index contributed by atoms with van der Waals surface area (Å²) in [6.45, 7) is -6.44. The van der Waals surface area contributed by atoms with Crippen molar-refractivity contribution in [3.05, 3.63) is 43.7 Å². The second kappa shape index (κ2) is 28.0. The molecular formula is C36H46I6N6O16. The summed E-state index contributed by atoms with van der Waals surface area (Å²) in [6, 6.07) is 0. The van der Waals surface area contributed by atoms with E-state index in [1.165, 1.54) is 14.1 Å². The van der Waals surface area contributed by atoms with Crippen molar-refractivity contribution >= 4 is 182 Å². The van der Waals surface area contributed by atoms with E-state index in [1.54, 1.807) is 136 Å². The third-order valence-corrected chi connectivity index (χ3v) is 15.3. The first-order valence-corrected chi connectivity index (χ1v) is 25.0. The van der Waals surface area contributed by atoms with Crippen LogP contribution in [0.4, 0.5) is 11.4 Å². The first-order valence-electron chi connectivity index (χ1n) is 18.5. The van der Waals surface area contributed by atoms with Crippen molar-refractivity contribution in [1.82, 2.24) is 20.4 Å². The van der Waals surface area contributed by atoms with Crippen molar-refractivity contribution in [2.75, 3.05) is 103 Å². The molecule has 0 spiro atoms. The van der Waals surface area contributed by atoms with E-state index < -0.39 is 126 Å². The summed E-state index contributed by atoms with van der Waals surface area (Å²) in [5, 5.41) is 103. The molecule has 0 aliphatic carbocycles. The van der Waals surface area contributed by atoms with Crippen LogP contribution in [-0.2, 0) is 9.59 Å². The molecule has 358 valence electrons. The van der Waals surface area contributed by atoms with Crippen LogP contribution >= 0.6 is 136 Å². The van der Waals surface area contributed by atoms with Crippen LogP contribution in [0.3, 0.4) is 0 Å². The Hall–Kier alpha value is -0.760. The Morgan fingerprint density at radius 1 is 0.469 bits per heavy atom. The minimum Gasteiger partial charge on any atom is -0.395 e. The van der Waals surface area contributed by atoms with Gasteiger partial charge in [0.05, 0.1) is 112 Å². The molecule has 28 heteroatoms. The highest BCUT2D eigenvalue weighted by Crippen LogP contribution is 2.40. The molecule has 2 aromatic carbocycles. The second-order valence-corrected chi connectivity index (χ2v) is 20.0. The number of hydrogen-bond acceptors (Lipinski definition) is 16. The van der Waals surface area contributed by atoms with E-state index in [0.29, 0.717) is 0 Å². The number of carbonyl (C=O) groups is 6. The van der Waals surface area contributed by atoms with Gasteiger partial charge in [0.25, 0.3) is 23.6 Å². The Morgan fingerprint density at radius 3 is 1.02 bits per heavy atom. The summed E-state index contributed by atoms with van der Waals surface area (Å²) in [6.07, 6.45) is -5.60. The fourth-order valence-electron chi connectivity index (χ4n) is 5.62. The van der Waals surface area contributed by atoms with Crippen molar-refractivity contribution in [2.24, 2.45) is 0 Å². The van der Waals surface area contributed by atoms with Gasteiger partial charge in [-0.1, -0.05) is 0 Å². The lowest BCUT2D eigenvalue weighted by Gasteiger charge is -2.30. The van der Waals surface area contributed by atoms with E-state index in [4.69, 9.17) is 0 Å². The molecule has 22 nitrogen and oxygen atoms in total. The quantitative estimate of drug-likeness (QED) is 0.0435. The van der Waals surface area contributed by atoms with Gasteiger partial charge in [0, 0.05) is 60.5 Å². The van der Waals surface area contributed by atoms with Crippen LogP contribution in [0.5, 0.6) is 0 Å². The van der Waals surface area contributed by atoms with Crippen LogP contribution in [0.15, 0.2) is 0 Å². The molecule has 64 heavy (non-hydrogen) atoms. The van der Waals surface area contributed by atoms with E-state index in [1.807, 2.05) is 0 Å². The van der Waals surface area contributed by atoms with E-state index >= 15 is 0 Å². The normalized spacial score (nSPS) is 13.1. The fourth-order valence-corrected chi connectivity index (χ4v) is 15.3. The highest BCUT2D eigenvalue weighted by Gasteiger charge is 2.38. The lowest BCUT2D eigenvalue weighted by Crippen LogP contribution is -2.45. The van der Waals surface area contributed by atoms with Gasteiger partial charge in [0.2, 0.25) is 0 Å². The Balaban J connectivity index is 2.97. The van der Waals surface area contributed by atoms with Gasteiger partial charge >= 0.3 is 11.8 Å². The van der Waals surface area contributed by atoms with Gasteiger partial charge < -0.3 is 81.3 Å². The van der Waals surface area contributed by atoms with Crippen LogP contribution in [-0.4, -0.2) is 214 Å². The zero-order valence-electron chi connectivity index (χ0n) is 33.8. The highest BCUT2D eigenvalue weighted by atomic mass is 127. The van der Waals surface area contributed by atoms with Gasteiger partial charge in [-0.3, -0.25) is 28.8 Å². The van der Waals surface area contributed by atoms with E-state index in [2.05, 4.69) is 10.6 Å². The minimum absolute atomic E-state index is 0.0282. The summed E-state index contributed by atoms with van der Waals surface area (Å²) in [7, 11) is 2.35. The minimum atomic E-state index is -1.43. The SMILES string of the molecule is CN(C(=O)C(=O)N(C)c1c(I)c(C(=O)NCC(O)CO)c(I)c(C(=O)N(CCO)CC(O)CO)c1I)c1c(I)c(C(=O)NCC(O)CO)c(I)c(C(=O)N(CCO)CC(O)CO)c1I. The lowest BCUT2D eigenvalue weighted by molar-refractivity contribution is -0.135. The topological polar surface area (TPSA) is 342 Å². The summed E-state index contributed by atoms with van der Waals surface area (Å²) < 4.78 is 0.195. The Labute approximate surface area is 448 Å². The maximum absolute atomic E-state index is 14.5. The van der Waals surface area contributed by atoms with E-state index in [0.717, 1.165) is 19.6 Å². The number of benzene rings is 2. The fraction of sp³-hybridized carbons (Fsp3) is 0.500. The molecule has 0 aliphatic rings. The molecule has 0 fully saturated rings.